The first-order chi connectivity index (χ1) is 12.4. The second kappa shape index (κ2) is 12.4. The summed E-state index contributed by atoms with van der Waals surface area (Å²) in [7, 11) is 3.50. The van der Waals surface area contributed by atoms with E-state index in [9.17, 15) is 4.79 Å². The molecular formula is C19H32IN5OS. The van der Waals surface area contributed by atoms with Crippen LogP contribution in [0.1, 0.15) is 24.6 Å². The van der Waals surface area contributed by atoms with Crippen molar-refractivity contribution in [3.05, 3.63) is 34.5 Å². The van der Waals surface area contributed by atoms with Crippen LogP contribution in [0.25, 0.3) is 0 Å². The van der Waals surface area contributed by atoms with Crippen LogP contribution in [-0.2, 0) is 11.3 Å². The number of nitrogens with one attached hydrogen (secondary N) is 2. The minimum Gasteiger partial charge on any atom is -0.354 e. The maximum atomic E-state index is 11.9. The molecule has 1 aromatic rings. The van der Waals surface area contributed by atoms with E-state index in [1.807, 2.05) is 6.07 Å². The third kappa shape index (κ3) is 9.07. The number of likely N-dealkylation sites (tertiary alicyclic amines) is 1. The molecule has 1 aliphatic heterocycles. The molecule has 0 aromatic carbocycles. The Morgan fingerprint density at radius 1 is 1.41 bits per heavy atom. The summed E-state index contributed by atoms with van der Waals surface area (Å²) in [5.41, 5.74) is 1.21. The van der Waals surface area contributed by atoms with Gasteiger partial charge in [-0.1, -0.05) is 18.2 Å². The summed E-state index contributed by atoms with van der Waals surface area (Å²) in [6, 6.07) is 4.51. The standard InChI is InChI=1S/C19H31N5OS.HI/c1-15(2)14-24-9-7-16(8-10-24)22-19(21-13-18(25)23(3)4)20-12-17-6-5-11-26-17;/h5-6,11,16H,1,7-10,12-14H2,2-4H3,(H2,20,21,22);1H. The Kier molecular flexibility index (Phi) is 10.9. The van der Waals surface area contributed by atoms with Gasteiger partial charge in [0, 0.05) is 44.6 Å². The fourth-order valence-corrected chi connectivity index (χ4v) is 3.48. The number of halogens is 1. The Hall–Kier alpha value is -1.13. The van der Waals surface area contributed by atoms with Crippen LogP contribution < -0.4 is 10.6 Å². The van der Waals surface area contributed by atoms with Crippen molar-refractivity contribution in [2.24, 2.45) is 4.99 Å². The van der Waals surface area contributed by atoms with Crippen molar-refractivity contribution in [2.75, 3.05) is 40.3 Å². The van der Waals surface area contributed by atoms with E-state index in [1.165, 1.54) is 10.5 Å². The molecule has 1 aliphatic rings. The minimum atomic E-state index is -0.00139. The summed E-state index contributed by atoms with van der Waals surface area (Å²) in [5, 5.41) is 8.93. The van der Waals surface area contributed by atoms with Crippen LogP contribution in [0.4, 0.5) is 0 Å². The zero-order chi connectivity index (χ0) is 18.9. The molecule has 0 atom stereocenters. The van der Waals surface area contributed by atoms with E-state index in [-0.39, 0.29) is 36.4 Å². The van der Waals surface area contributed by atoms with Crippen molar-refractivity contribution in [3.8, 4) is 0 Å². The van der Waals surface area contributed by atoms with Gasteiger partial charge in [0.25, 0.3) is 0 Å². The number of rotatable bonds is 7. The van der Waals surface area contributed by atoms with Crippen LogP contribution in [0.2, 0.25) is 0 Å². The highest BCUT2D eigenvalue weighted by atomic mass is 127. The van der Waals surface area contributed by atoms with Crippen LogP contribution in [0.5, 0.6) is 0 Å². The molecular weight excluding hydrogens is 473 g/mol. The van der Waals surface area contributed by atoms with Gasteiger partial charge in [0.05, 0.1) is 6.54 Å². The molecule has 0 aliphatic carbocycles. The number of nitrogens with zero attached hydrogens (tertiary/aromatic N) is 3. The molecule has 1 saturated heterocycles. The Labute approximate surface area is 184 Å². The molecule has 0 saturated carbocycles. The second-order valence-electron chi connectivity index (χ2n) is 7.04. The molecule has 0 unspecified atom stereocenters. The molecule has 1 aromatic heterocycles. The van der Waals surface area contributed by atoms with E-state index in [0.29, 0.717) is 18.5 Å². The van der Waals surface area contributed by atoms with Crippen molar-refractivity contribution in [3.63, 3.8) is 0 Å². The summed E-state index contributed by atoms with van der Waals surface area (Å²) in [6.45, 7) is 10.0. The fourth-order valence-electron chi connectivity index (χ4n) is 2.84. The number of carbonyl (C=O) groups is 1. The molecule has 0 spiro atoms. The summed E-state index contributed by atoms with van der Waals surface area (Å²) in [4.78, 5) is 21.6. The number of guanidine groups is 1. The van der Waals surface area contributed by atoms with Crippen molar-refractivity contribution in [1.29, 1.82) is 0 Å². The van der Waals surface area contributed by atoms with Crippen molar-refractivity contribution < 1.29 is 4.79 Å². The number of aliphatic imine (C=N–C) groups is 1. The molecule has 1 fully saturated rings. The lowest BCUT2D eigenvalue weighted by Crippen LogP contribution is -2.49. The summed E-state index contributed by atoms with van der Waals surface area (Å²) >= 11 is 1.71. The quantitative estimate of drug-likeness (QED) is 0.259. The van der Waals surface area contributed by atoms with Crippen LogP contribution >= 0.6 is 35.3 Å². The number of amides is 1. The van der Waals surface area contributed by atoms with Gasteiger partial charge in [-0.05, 0) is 31.2 Å². The lowest BCUT2D eigenvalue weighted by Gasteiger charge is -2.33. The fraction of sp³-hybridized carbons (Fsp3) is 0.579. The highest BCUT2D eigenvalue weighted by molar-refractivity contribution is 14.0. The zero-order valence-electron chi connectivity index (χ0n) is 16.5. The third-order valence-corrected chi connectivity index (χ3v) is 5.18. The van der Waals surface area contributed by atoms with Gasteiger partial charge in [0.2, 0.25) is 5.91 Å². The number of hydrogen-bond donors (Lipinski definition) is 2. The Bertz CT molecular complexity index is 610. The second-order valence-corrected chi connectivity index (χ2v) is 8.07. The minimum absolute atomic E-state index is 0. The summed E-state index contributed by atoms with van der Waals surface area (Å²) in [5.74, 6) is 0.713. The Balaban J connectivity index is 0.00000364. The Morgan fingerprint density at radius 2 is 2.11 bits per heavy atom. The number of piperidine rings is 1. The predicted molar refractivity (Wildman–Crippen MR) is 125 cm³/mol. The van der Waals surface area contributed by atoms with Gasteiger partial charge < -0.3 is 15.5 Å². The van der Waals surface area contributed by atoms with Gasteiger partial charge in [-0.15, -0.1) is 35.3 Å². The van der Waals surface area contributed by atoms with Gasteiger partial charge in [-0.3, -0.25) is 9.69 Å². The highest BCUT2D eigenvalue weighted by Gasteiger charge is 2.20. The predicted octanol–water partition coefficient (Wildman–Crippen LogP) is 2.53. The van der Waals surface area contributed by atoms with E-state index in [2.05, 4.69) is 45.5 Å². The van der Waals surface area contributed by atoms with Crippen molar-refractivity contribution >= 4 is 47.2 Å². The Morgan fingerprint density at radius 3 is 2.67 bits per heavy atom. The van der Waals surface area contributed by atoms with E-state index < -0.39 is 0 Å². The number of thiophene rings is 1. The first kappa shape index (κ1) is 23.9. The van der Waals surface area contributed by atoms with Crippen LogP contribution in [-0.4, -0.2) is 68.0 Å². The maximum absolute atomic E-state index is 11.9. The molecule has 152 valence electrons. The molecule has 0 radical (unpaired) electrons. The zero-order valence-corrected chi connectivity index (χ0v) is 19.7. The smallest absolute Gasteiger partial charge is 0.243 e. The topological polar surface area (TPSA) is 60.0 Å². The SMILES string of the molecule is C=C(C)CN1CCC(NC(=NCC(=O)N(C)C)NCc2cccs2)CC1.I. The van der Waals surface area contributed by atoms with E-state index >= 15 is 0 Å². The van der Waals surface area contributed by atoms with E-state index in [0.717, 1.165) is 32.5 Å². The van der Waals surface area contributed by atoms with Crippen molar-refractivity contribution in [2.45, 2.75) is 32.4 Å². The van der Waals surface area contributed by atoms with Crippen LogP contribution in [0.3, 0.4) is 0 Å². The number of carbonyl (C=O) groups excluding carboxylic acids is 1. The van der Waals surface area contributed by atoms with Gasteiger partial charge >= 0.3 is 0 Å². The first-order valence-corrected chi connectivity index (χ1v) is 9.96. The van der Waals surface area contributed by atoms with Crippen LogP contribution in [0.15, 0.2) is 34.7 Å². The monoisotopic (exact) mass is 505 g/mol. The average molecular weight is 505 g/mol. The number of hydrogen-bond acceptors (Lipinski definition) is 4. The lowest BCUT2D eigenvalue weighted by molar-refractivity contribution is -0.127. The van der Waals surface area contributed by atoms with Gasteiger partial charge in [-0.2, -0.15) is 0 Å². The van der Waals surface area contributed by atoms with E-state index in [1.54, 1.807) is 30.3 Å². The molecule has 6 nitrogen and oxygen atoms in total. The highest BCUT2D eigenvalue weighted by Crippen LogP contribution is 2.12. The van der Waals surface area contributed by atoms with Gasteiger partial charge in [-0.25, -0.2) is 4.99 Å². The third-order valence-electron chi connectivity index (χ3n) is 4.30. The normalized spacial score (nSPS) is 15.7. The molecule has 0 bridgehead atoms. The van der Waals surface area contributed by atoms with Crippen molar-refractivity contribution in [1.82, 2.24) is 20.4 Å². The summed E-state index contributed by atoms with van der Waals surface area (Å²) in [6.07, 6.45) is 2.13. The maximum Gasteiger partial charge on any atom is 0.243 e. The average Bonchev–Trinajstić information content (AvgIpc) is 3.11. The molecule has 2 N–H and O–H groups in total. The van der Waals surface area contributed by atoms with Crippen LogP contribution in [0, 0.1) is 0 Å². The number of likely N-dealkylation sites (N-methyl/N-ethyl adjacent to an activating group) is 1. The lowest BCUT2D eigenvalue weighted by atomic mass is 10.0. The summed E-state index contributed by atoms with van der Waals surface area (Å²) < 4.78 is 0. The molecule has 2 heterocycles. The molecule has 2 rings (SSSR count). The molecule has 8 heteroatoms. The molecule has 1 amide bonds. The first-order valence-electron chi connectivity index (χ1n) is 9.08. The largest absolute Gasteiger partial charge is 0.354 e. The van der Waals surface area contributed by atoms with Gasteiger partial charge in [0.1, 0.15) is 6.54 Å². The van der Waals surface area contributed by atoms with E-state index in [4.69, 9.17) is 0 Å². The van der Waals surface area contributed by atoms with Gasteiger partial charge in [0.15, 0.2) is 5.96 Å². The molecule has 27 heavy (non-hydrogen) atoms.